The second kappa shape index (κ2) is 38.3. The highest BCUT2D eigenvalue weighted by Gasteiger charge is 1.93. The lowest BCUT2D eigenvalue weighted by Gasteiger charge is -1.96. The summed E-state index contributed by atoms with van der Waals surface area (Å²) < 4.78 is 16.9. The van der Waals surface area contributed by atoms with Gasteiger partial charge in [0.15, 0.2) is 0 Å². The Morgan fingerprint density at radius 3 is 1.07 bits per heavy atom. The van der Waals surface area contributed by atoms with Gasteiger partial charge in [-0.3, -0.25) is 0 Å². The summed E-state index contributed by atoms with van der Waals surface area (Å²) >= 11 is 0. The second-order valence-electron chi connectivity index (χ2n) is 1.18. The Bertz CT molecular complexity index is 87.0. The predicted octanol–water partition coefficient (Wildman–Crippen LogP) is -0.973. The summed E-state index contributed by atoms with van der Waals surface area (Å²) in [5.41, 5.74) is 0. The van der Waals surface area contributed by atoms with Gasteiger partial charge in [-0.1, -0.05) is 0 Å². The van der Waals surface area contributed by atoms with Crippen molar-refractivity contribution in [3.63, 3.8) is 0 Å². The van der Waals surface area contributed by atoms with Crippen LogP contribution in [-0.4, -0.2) is 44.4 Å². The second-order valence-corrected chi connectivity index (χ2v) is 1.51. The summed E-state index contributed by atoms with van der Waals surface area (Å²) in [5, 5.41) is 24.0. The maximum absolute atomic E-state index is 8.46. The van der Waals surface area contributed by atoms with Gasteiger partial charge in [-0.25, -0.2) is 9.13 Å². The molecule has 0 bridgehead atoms. The number of aliphatic hydroxyl groups is 3. The van der Waals surface area contributed by atoms with Crippen LogP contribution in [0.15, 0.2) is 0 Å². The van der Waals surface area contributed by atoms with Crippen LogP contribution in [0, 0.1) is 0 Å². The van der Waals surface area contributed by atoms with E-state index in [2.05, 4.69) is 0 Å². The average Bonchev–Trinajstić information content (AvgIpc) is 2.06. The molecule has 14 heavy (non-hydrogen) atoms. The highest BCUT2D eigenvalue weighted by molar-refractivity contribution is 7.16. The zero-order chi connectivity index (χ0) is 10.4. The van der Waals surface area contributed by atoms with E-state index in [9.17, 15) is 0 Å². The maximum Gasteiger partial charge on any atom is 0.324 e. The van der Waals surface area contributed by atoms with E-state index in [1.165, 1.54) is 0 Å². The normalized spacial score (nSPS) is 7.29. The molecular formula is C3H16N2O7P2. The molecular weight excluding hydrogens is 238 g/mol. The monoisotopic (exact) mass is 254 g/mol. The Balaban J connectivity index is -0.0000000297. The summed E-state index contributed by atoms with van der Waals surface area (Å²) in [6.45, 7) is -0.729. The SMILES string of the molecule is N.N.O=PO.O=PO.OCC(O)CO. The fourth-order valence-electron chi connectivity index (χ4n) is 0.0577. The molecule has 0 aromatic carbocycles. The molecule has 0 saturated carbocycles. The highest BCUT2D eigenvalue weighted by atomic mass is 31.1. The van der Waals surface area contributed by atoms with Crippen molar-refractivity contribution in [2.24, 2.45) is 0 Å². The van der Waals surface area contributed by atoms with E-state index in [-0.39, 0.29) is 25.5 Å². The molecule has 0 amide bonds. The minimum atomic E-state index is -0.954. The Morgan fingerprint density at radius 1 is 0.929 bits per heavy atom. The van der Waals surface area contributed by atoms with E-state index in [1.807, 2.05) is 0 Å². The van der Waals surface area contributed by atoms with Crippen LogP contribution in [0.2, 0.25) is 0 Å². The van der Waals surface area contributed by atoms with E-state index in [1.54, 1.807) is 0 Å². The van der Waals surface area contributed by atoms with Crippen molar-refractivity contribution in [2.75, 3.05) is 13.2 Å². The fraction of sp³-hybridized carbons (Fsp3) is 1.00. The summed E-state index contributed by atoms with van der Waals surface area (Å²) in [6, 6.07) is 0. The summed E-state index contributed by atoms with van der Waals surface area (Å²) in [4.78, 5) is 14.0. The van der Waals surface area contributed by atoms with Gasteiger partial charge in [0.1, 0.15) is 6.10 Å². The van der Waals surface area contributed by atoms with E-state index in [0.29, 0.717) is 0 Å². The van der Waals surface area contributed by atoms with Gasteiger partial charge in [0.2, 0.25) is 0 Å². The molecule has 0 fully saturated rings. The predicted molar refractivity (Wildman–Crippen MR) is 49.9 cm³/mol. The van der Waals surface area contributed by atoms with Gasteiger partial charge in [-0.2, -0.15) is 0 Å². The molecule has 0 aliphatic carbocycles. The Labute approximate surface area is 84.1 Å². The first-order chi connectivity index (χ1) is 5.64. The highest BCUT2D eigenvalue weighted by Crippen LogP contribution is 1.71. The van der Waals surface area contributed by atoms with Crippen molar-refractivity contribution in [3.8, 4) is 0 Å². The van der Waals surface area contributed by atoms with E-state index in [0.717, 1.165) is 0 Å². The van der Waals surface area contributed by atoms with Gasteiger partial charge in [0.25, 0.3) is 0 Å². The van der Waals surface area contributed by atoms with E-state index >= 15 is 0 Å². The van der Waals surface area contributed by atoms with Crippen LogP contribution in [0.4, 0.5) is 0 Å². The van der Waals surface area contributed by atoms with Crippen LogP contribution in [0.25, 0.3) is 0 Å². The van der Waals surface area contributed by atoms with Gasteiger partial charge in [-0.05, 0) is 0 Å². The van der Waals surface area contributed by atoms with E-state index in [4.69, 9.17) is 34.2 Å². The van der Waals surface area contributed by atoms with Crippen LogP contribution >= 0.6 is 17.4 Å². The van der Waals surface area contributed by atoms with Crippen LogP contribution in [0.3, 0.4) is 0 Å². The van der Waals surface area contributed by atoms with Gasteiger partial charge in [-0.15, -0.1) is 0 Å². The Morgan fingerprint density at radius 2 is 1.07 bits per heavy atom. The van der Waals surface area contributed by atoms with Gasteiger partial charge >= 0.3 is 17.4 Å². The molecule has 0 heterocycles. The molecule has 0 aliphatic heterocycles. The first kappa shape index (κ1) is 29.2. The average molecular weight is 254 g/mol. The summed E-state index contributed by atoms with van der Waals surface area (Å²) in [5.74, 6) is 0. The van der Waals surface area contributed by atoms with Gasteiger partial charge in [0, 0.05) is 0 Å². The first-order valence-corrected chi connectivity index (χ1v) is 4.00. The Kier molecular flexibility index (Phi) is 80.0. The molecule has 0 saturated heterocycles. The molecule has 0 radical (unpaired) electrons. The topological polar surface area (TPSA) is 205 Å². The maximum atomic E-state index is 8.46. The molecule has 90 valence electrons. The number of hydrogen-bond donors (Lipinski definition) is 7. The molecule has 0 aliphatic rings. The molecule has 0 aromatic heterocycles. The zero-order valence-electron chi connectivity index (χ0n) is 7.35. The third-order valence-electron chi connectivity index (χ3n) is 0.421. The molecule has 0 rings (SSSR count). The lowest BCUT2D eigenvalue weighted by molar-refractivity contribution is 0.0450. The van der Waals surface area contributed by atoms with Crippen LogP contribution in [0.1, 0.15) is 0 Å². The van der Waals surface area contributed by atoms with Crippen molar-refractivity contribution in [1.29, 1.82) is 0 Å². The zero-order valence-corrected chi connectivity index (χ0v) is 9.14. The van der Waals surface area contributed by atoms with Crippen molar-refractivity contribution >= 4 is 17.4 Å². The van der Waals surface area contributed by atoms with Gasteiger partial charge in [0.05, 0.1) is 13.2 Å². The third-order valence-corrected chi connectivity index (χ3v) is 0.421. The molecule has 0 unspecified atom stereocenters. The molecule has 0 aromatic rings. The minimum absolute atomic E-state index is 0. The number of aliphatic hydroxyl groups excluding tert-OH is 3. The minimum Gasteiger partial charge on any atom is -0.394 e. The van der Waals surface area contributed by atoms with Crippen LogP contribution in [-0.2, 0) is 9.13 Å². The van der Waals surface area contributed by atoms with Gasteiger partial charge < -0.3 is 37.4 Å². The largest absolute Gasteiger partial charge is 0.394 e. The van der Waals surface area contributed by atoms with Crippen molar-refractivity contribution in [2.45, 2.75) is 6.10 Å². The Hall–Kier alpha value is -0.0800. The first-order valence-electron chi connectivity index (χ1n) is 2.47. The van der Waals surface area contributed by atoms with Crippen molar-refractivity contribution in [1.82, 2.24) is 12.3 Å². The third kappa shape index (κ3) is 92.5. The molecule has 11 heteroatoms. The fourth-order valence-corrected chi connectivity index (χ4v) is 0.0577. The standard InChI is InChI=1S/C3H8O3.2H3N.2HO2P/c4-1-3(6)2-5;;;2*1-3-2/h3-6H,1-2H2;2*1H3;2*(H,1,2). The molecule has 0 spiro atoms. The van der Waals surface area contributed by atoms with Crippen molar-refractivity contribution < 1.29 is 34.2 Å². The smallest absolute Gasteiger partial charge is 0.324 e. The quantitative estimate of drug-likeness (QED) is 0.302. The molecule has 0 atom stereocenters. The van der Waals surface area contributed by atoms with Crippen molar-refractivity contribution in [3.05, 3.63) is 0 Å². The lowest BCUT2D eigenvalue weighted by atomic mass is 10.4. The molecule has 11 N–H and O–H groups in total. The lowest BCUT2D eigenvalue weighted by Crippen LogP contribution is -2.15. The number of hydrogen-bond acceptors (Lipinski definition) is 7. The number of rotatable bonds is 2. The van der Waals surface area contributed by atoms with Crippen LogP contribution < -0.4 is 12.3 Å². The van der Waals surface area contributed by atoms with Crippen LogP contribution in [0.5, 0.6) is 0 Å². The summed E-state index contributed by atoms with van der Waals surface area (Å²) in [6.07, 6.45) is -0.954. The molecule has 9 nitrogen and oxygen atoms in total. The van der Waals surface area contributed by atoms with E-state index < -0.39 is 23.5 Å². The summed E-state index contributed by atoms with van der Waals surface area (Å²) in [7, 11) is -1.67.